The van der Waals surface area contributed by atoms with Crippen LogP contribution in [0.5, 0.6) is 0 Å². The summed E-state index contributed by atoms with van der Waals surface area (Å²) < 4.78 is 5.73. The Labute approximate surface area is 111 Å². The van der Waals surface area contributed by atoms with E-state index in [1.807, 2.05) is 36.4 Å². The molecule has 4 atom stereocenters. The van der Waals surface area contributed by atoms with Gasteiger partial charge in [-0.1, -0.05) is 24.3 Å². The first-order chi connectivity index (χ1) is 9.15. The summed E-state index contributed by atoms with van der Waals surface area (Å²) in [5.41, 5.74) is 1.72. The number of aliphatic hydroxyl groups is 2. The standard InChI is InChI=1S/C15H17NO3/c1-9-15(18)13(17)8-14(19-9)12-7-6-10-4-2-3-5-11(10)16-12/h2-7,9,13-15,17-18H,8H2,1H3. The van der Waals surface area contributed by atoms with Crippen LogP contribution in [0.25, 0.3) is 10.9 Å². The zero-order chi connectivity index (χ0) is 13.4. The van der Waals surface area contributed by atoms with E-state index in [1.165, 1.54) is 0 Å². The number of ether oxygens (including phenoxy) is 1. The third-order valence-corrected chi connectivity index (χ3v) is 3.66. The smallest absolute Gasteiger partial charge is 0.106 e. The molecule has 2 heterocycles. The van der Waals surface area contributed by atoms with Crippen LogP contribution in [0.4, 0.5) is 0 Å². The molecule has 4 nitrogen and oxygen atoms in total. The van der Waals surface area contributed by atoms with Gasteiger partial charge in [-0.25, -0.2) is 0 Å². The van der Waals surface area contributed by atoms with Gasteiger partial charge in [-0.3, -0.25) is 4.98 Å². The summed E-state index contributed by atoms with van der Waals surface area (Å²) >= 11 is 0. The first kappa shape index (κ1) is 12.5. The quantitative estimate of drug-likeness (QED) is 0.820. The van der Waals surface area contributed by atoms with Crippen LogP contribution >= 0.6 is 0 Å². The second-order valence-electron chi connectivity index (χ2n) is 5.05. The van der Waals surface area contributed by atoms with E-state index in [1.54, 1.807) is 6.92 Å². The topological polar surface area (TPSA) is 62.6 Å². The van der Waals surface area contributed by atoms with E-state index in [9.17, 15) is 10.2 Å². The van der Waals surface area contributed by atoms with Crippen LogP contribution in [-0.4, -0.2) is 33.5 Å². The van der Waals surface area contributed by atoms with Crippen molar-refractivity contribution in [3.05, 3.63) is 42.1 Å². The number of fused-ring (bicyclic) bond motifs is 1. The molecule has 0 saturated carbocycles. The van der Waals surface area contributed by atoms with Crippen LogP contribution < -0.4 is 0 Å². The van der Waals surface area contributed by atoms with Crippen LogP contribution in [0.1, 0.15) is 25.1 Å². The largest absolute Gasteiger partial charge is 0.390 e. The van der Waals surface area contributed by atoms with Gasteiger partial charge in [0.15, 0.2) is 0 Å². The van der Waals surface area contributed by atoms with Crippen molar-refractivity contribution in [2.45, 2.75) is 37.8 Å². The summed E-state index contributed by atoms with van der Waals surface area (Å²) in [6.45, 7) is 1.76. The van der Waals surface area contributed by atoms with E-state index < -0.39 is 12.2 Å². The highest BCUT2D eigenvalue weighted by Crippen LogP contribution is 2.31. The van der Waals surface area contributed by atoms with Crippen molar-refractivity contribution in [1.82, 2.24) is 4.98 Å². The molecule has 1 aliphatic heterocycles. The van der Waals surface area contributed by atoms with Crippen molar-refractivity contribution in [2.75, 3.05) is 0 Å². The molecule has 4 heteroatoms. The van der Waals surface area contributed by atoms with Crippen molar-refractivity contribution in [3.63, 3.8) is 0 Å². The second kappa shape index (κ2) is 4.89. The summed E-state index contributed by atoms with van der Waals surface area (Å²) in [7, 11) is 0. The minimum Gasteiger partial charge on any atom is -0.390 e. The molecule has 0 spiro atoms. The van der Waals surface area contributed by atoms with Crippen LogP contribution in [0.2, 0.25) is 0 Å². The summed E-state index contributed by atoms with van der Waals surface area (Å²) in [5, 5.41) is 20.6. The monoisotopic (exact) mass is 259 g/mol. The van der Waals surface area contributed by atoms with Crippen molar-refractivity contribution >= 4 is 10.9 Å². The first-order valence-corrected chi connectivity index (χ1v) is 6.52. The Balaban J connectivity index is 1.91. The lowest BCUT2D eigenvalue weighted by atomic mass is 9.96. The third kappa shape index (κ3) is 2.34. The number of aliphatic hydroxyl groups excluding tert-OH is 2. The predicted molar refractivity (Wildman–Crippen MR) is 71.7 cm³/mol. The minimum absolute atomic E-state index is 0.266. The lowest BCUT2D eigenvalue weighted by Gasteiger charge is -2.35. The third-order valence-electron chi connectivity index (χ3n) is 3.66. The van der Waals surface area contributed by atoms with Gasteiger partial charge in [0, 0.05) is 11.8 Å². The molecule has 1 aromatic carbocycles. The van der Waals surface area contributed by atoms with E-state index in [0.717, 1.165) is 16.6 Å². The maximum Gasteiger partial charge on any atom is 0.106 e. The zero-order valence-electron chi connectivity index (χ0n) is 10.7. The van der Waals surface area contributed by atoms with E-state index in [-0.39, 0.29) is 12.2 Å². The first-order valence-electron chi connectivity index (χ1n) is 6.52. The van der Waals surface area contributed by atoms with Crippen molar-refractivity contribution < 1.29 is 14.9 Å². The average Bonchev–Trinajstić information content (AvgIpc) is 2.43. The lowest BCUT2D eigenvalue weighted by Crippen LogP contribution is -2.44. The molecular formula is C15H17NO3. The number of para-hydroxylation sites is 1. The molecule has 3 rings (SSSR count). The highest BCUT2D eigenvalue weighted by molar-refractivity contribution is 5.78. The van der Waals surface area contributed by atoms with Crippen LogP contribution in [0.3, 0.4) is 0 Å². The van der Waals surface area contributed by atoms with Crippen LogP contribution in [0, 0.1) is 0 Å². The number of hydrogen-bond donors (Lipinski definition) is 2. The number of aromatic nitrogens is 1. The predicted octanol–water partition coefficient (Wildman–Crippen LogP) is 1.81. The molecule has 2 N–H and O–H groups in total. The Morgan fingerprint density at radius 3 is 2.74 bits per heavy atom. The highest BCUT2D eigenvalue weighted by Gasteiger charge is 2.35. The molecule has 4 unspecified atom stereocenters. The fourth-order valence-electron chi connectivity index (χ4n) is 2.52. The number of benzene rings is 1. The molecule has 0 bridgehead atoms. The SMILES string of the molecule is CC1OC(c2ccc3ccccc3n2)CC(O)C1O. The van der Waals surface area contributed by atoms with Crippen molar-refractivity contribution in [1.29, 1.82) is 0 Å². The van der Waals surface area contributed by atoms with Gasteiger partial charge in [0.05, 0.1) is 23.4 Å². The number of pyridine rings is 1. The maximum absolute atomic E-state index is 9.84. The Morgan fingerprint density at radius 2 is 1.95 bits per heavy atom. The fourth-order valence-corrected chi connectivity index (χ4v) is 2.52. The molecule has 100 valence electrons. The summed E-state index contributed by atoms with van der Waals surface area (Å²) in [6, 6.07) is 11.8. The summed E-state index contributed by atoms with van der Waals surface area (Å²) in [5.74, 6) is 0. The molecule has 1 saturated heterocycles. The lowest BCUT2D eigenvalue weighted by molar-refractivity contribution is -0.164. The molecule has 0 aliphatic carbocycles. The van der Waals surface area contributed by atoms with Crippen LogP contribution in [0.15, 0.2) is 36.4 Å². The summed E-state index contributed by atoms with van der Waals surface area (Å²) in [6.07, 6.45) is -1.87. The number of rotatable bonds is 1. The normalized spacial score (nSPS) is 31.5. The van der Waals surface area contributed by atoms with Gasteiger partial charge in [-0.05, 0) is 19.1 Å². The molecule has 19 heavy (non-hydrogen) atoms. The zero-order valence-corrected chi connectivity index (χ0v) is 10.7. The second-order valence-corrected chi connectivity index (χ2v) is 5.05. The molecule has 0 radical (unpaired) electrons. The molecule has 1 fully saturated rings. The van der Waals surface area contributed by atoms with E-state index in [0.29, 0.717) is 6.42 Å². The fraction of sp³-hybridized carbons (Fsp3) is 0.400. The van der Waals surface area contributed by atoms with Gasteiger partial charge in [0.2, 0.25) is 0 Å². The molecular weight excluding hydrogens is 242 g/mol. The van der Waals surface area contributed by atoms with Crippen molar-refractivity contribution in [2.24, 2.45) is 0 Å². The highest BCUT2D eigenvalue weighted by atomic mass is 16.5. The van der Waals surface area contributed by atoms with Gasteiger partial charge in [0.1, 0.15) is 12.2 Å². The van der Waals surface area contributed by atoms with E-state index >= 15 is 0 Å². The Kier molecular flexibility index (Phi) is 3.22. The molecule has 2 aromatic rings. The minimum atomic E-state index is -0.822. The Morgan fingerprint density at radius 1 is 1.16 bits per heavy atom. The Bertz CT molecular complexity index is 574. The van der Waals surface area contributed by atoms with Crippen molar-refractivity contribution in [3.8, 4) is 0 Å². The Hall–Kier alpha value is -1.49. The molecule has 1 aliphatic rings. The molecule has 0 amide bonds. The van der Waals surface area contributed by atoms with E-state index in [4.69, 9.17) is 4.74 Å². The summed E-state index contributed by atoms with van der Waals surface area (Å²) in [4.78, 5) is 4.58. The molecule has 1 aromatic heterocycles. The van der Waals surface area contributed by atoms with Gasteiger partial charge >= 0.3 is 0 Å². The van der Waals surface area contributed by atoms with E-state index in [2.05, 4.69) is 4.98 Å². The van der Waals surface area contributed by atoms with Gasteiger partial charge in [-0.2, -0.15) is 0 Å². The van der Waals surface area contributed by atoms with Gasteiger partial charge in [-0.15, -0.1) is 0 Å². The van der Waals surface area contributed by atoms with Gasteiger partial charge in [0.25, 0.3) is 0 Å². The number of nitrogens with zero attached hydrogens (tertiary/aromatic N) is 1. The van der Waals surface area contributed by atoms with Crippen LogP contribution in [-0.2, 0) is 4.74 Å². The maximum atomic E-state index is 9.84. The van der Waals surface area contributed by atoms with Gasteiger partial charge < -0.3 is 14.9 Å². The number of hydrogen-bond acceptors (Lipinski definition) is 4. The average molecular weight is 259 g/mol.